The van der Waals surface area contributed by atoms with Gasteiger partial charge in [-0.2, -0.15) is 5.10 Å². The number of carbonyl (C=O) groups is 2. The average molecular weight is 422 g/mol. The smallest absolute Gasteiger partial charge is 0.274 e. The standard InChI is InChI=1S/C23H27N5O3/c29-20-16-6-2-3-7-17(16)24-23(25-20)13-22(31-14-23)9-11-28(12-10-22)21(30)19-15-5-1-4-8-18(15)26-27-19/h2-3,6-7,24H,1,4-5,8-14H2,(H,25,29)(H,26,27)/t23-/m1/s1. The molecule has 3 N–H and O–H groups in total. The first-order valence-corrected chi connectivity index (χ1v) is 11.3. The summed E-state index contributed by atoms with van der Waals surface area (Å²) in [5.74, 6) is -0.0362. The molecule has 8 nitrogen and oxygen atoms in total. The topological polar surface area (TPSA) is 99.3 Å². The number of rotatable bonds is 1. The second-order valence-electron chi connectivity index (χ2n) is 9.38. The molecule has 1 aromatic heterocycles. The van der Waals surface area contributed by atoms with Crippen molar-refractivity contribution in [2.75, 3.05) is 25.0 Å². The predicted molar refractivity (Wildman–Crippen MR) is 114 cm³/mol. The van der Waals surface area contributed by atoms with Gasteiger partial charge in [0.25, 0.3) is 11.8 Å². The van der Waals surface area contributed by atoms with Crippen LogP contribution in [0.3, 0.4) is 0 Å². The summed E-state index contributed by atoms with van der Waals surface area (Å²) >= 11 is 0. The molecule has 6 rings (SSSR count). The Morgan fingerprint density at radius 3 is 2.77 bits per heavy atom. The summed E-state index contributed by atoms with van der Waals surface area (Å²) in [5, 5.41) is 14.1. The van der Waals surface area contributed by atoms with E-state index in [0.717, 1.165) is 55.5 Å². The Morgan fingerprint density at radius 2 is 1.90 bits per heavy atom. The number of hydrogen-bond acceptors (Lipinski definition) is 5. The summed E-state index contributed by atoms with van der Waals surface area (Å²) in [5.41, 5.74) is 3.45. The lowest BCUT2D eigenvalue weighted by Crippen LogP contribution is -2.59. The van der Waals surface area contributed by atoms with Gasteiger partial charge >= 0.3 is 0 Å². The van der Waals surface area contributed by atoms with E-state index >= 15 is 0 Å². The first-order chi connectivity index (χ1) is 15.1. The molecule has 0 radical (unpaired) electrons. The van der Waals surface area contributed by atoms with Gasteiger partial charge in [0.05, 0.1) is 17.8 Å². The minimum Gasteiger partial charge on any atom is -0.370 e. The number of benzene rings is 1. The molecule has 1 aromatic carbocycles. The van der Waals surface area contributed by atoms with Crippen molar-refractivity contribution in [1.82, 2.24) is 20.4 Å². The van der Waals surface area contributed by atoms with Crippen molar-refractivity contribution >= 4 is 17.5 Å². The quantitative estimate of drug-likeness (QED) is 0.656. The van der Waals surface area contributed by atoms with Crippen LogP contribution >= 0.6 is 0 Å². The molecule has 31 heavy (non-hydrogen) atoms. The molecule has 2 spiro atoms. The van der Waals surface area contributed by atoms with Gasteiger partial charge in [-0.15, -0.1) is 0 Å². The highest BCUT2D eigenvalue weighted by Crippen LogP contribution is 2.43. The largest absolute Gasteiger partial charge is 0.370 e. The normalized spacial score (nSPS) is 26.3. The van der Waals surface area contributed by atoms with Crippen LogP contribution in [0.25, 0.3) is 0 Å². The molecule has 8 heteroatoms. The number of aryl methyl sites for hydroxylation is 1. The van der Waals surface area contributed by atoms with Crippen LogP contribution in [0.15, 0.2) is 24.3 Å². The number of H-pyrrole nitrogens is 1. The van der Waals surface area contributed by atoms with Gasteiger partial charge in [0.1, 0.15) is 5.66 Å². The Hall–Kier alpha value is -2.87. The second-order valence-corrected chi connectivity index (χ2v) is 9.38. The van der Waals surface area contributed by atoms with Crippen LogP contribution in [-0.2, 0) is 17.6 Å². The van der Waals surface area contributed by atoms with Crippen molar-refractivity contribution in [2.24, 2.45) is 0 Å². The number of hydrogen-bond donors (Lipinski definition) is 3. The molecule has 0 saturated carbocycles. The van der Waals surface area contributed by atoms with Crippen molar-refractivity contribution in [2.45, 2.75) is 56.2 Å². The maximum absolute atomic E-state index is 13.1. The van der Waals surface area contributed by atoms with Crippen molar-refractivity contribution in [3.8, 4) is 0 Å². The zero-order valence-electron chi connectivity index (χ0n) is 17.5. The molecular weight excluding hydrogens is 394 g/mol. The number of nitrogens with one attached hydrogen (secondary N) is 3. The Labute approximate surface area is 180 Å². The zero-order chi connectivity index (χ0) is 21.1. The monoisotopic (exact) mass is 421 g/mol. The number of carbonyl (C=O) groups excluding carboxylic acids is 2. The van der Waals surface area contributed by atoms with E-state index in [1.165, 1.54) is 0 Å². The van der Waals surface area contributed by atoms with E-state index in [4.69, 9.17) is 4.74 Å². The van der Waals surface area contributed by atoms with Crippen LogP contribution in [0.1, 0.15) is 64.2 Å². The van der Waals surface area contributed by atoms with Gasteiger partial charge in [0.2, 0.25) is 0 Å². The fourth-order valence-corrected chi connectivity index (χ4v) is 5.70. The first-order valence-electron chi connectivity index (χ1n) is 11.3. The molecule has 2 amide bonds. The van der Waals surface area contributed by atoms with Crippen molar-refractivity contribution in [1.29, 1.82) is 0 Å². The van der Waals surface area contributed by atoms with Crippen molar-refractivity contribution < 1.29 is 14.3 Å². The SMILES string of the molecule is O=C1N[C@]2(COC3(CCN(C(=O)c4n[nH]c5c4CCCC5)CC3)C2)Nc2ccccc21. The lowest BCUT2D eigenvalue weighted by molar-refractivity contribution is -0.0394. The number of para-hydroxylation sites is 1. The number of ether oxygens (including phenoxy) is 1. The molecule has 1 aliphatic carbocycles. The summed E-state index contributed by atoms with van der Waals surface area (Å²) in [4.78, 5) is 27.7. The number of anilines is 1. The first kappa shape index (κ1) is 18.9. The van der Waals surface area contributed by atoms with Gasteiger partial charge in [-0.1, -0.05) is 12.1 Å². The molecule has 3 aliphatic heterocycles. The maximum Gasteiger partial charge on any atom is 0.274 e. The van der Waals surface area contributed by atoms with Crippen LogP contribution in [-0.4, -0.2) is 57.9 Å². The molecule has 2 fully saturated rings. The summed E-state index contributed by atoms with van der Waals surface area (Å²) in [6.07, 6.45) is 6.40. The van der Waals surface area contributed by atoms with Gasteiger partial charge in [0, 0.05) is 36.5 Å². The summed E-state index contributed by atoms with van der Waals surface area (Å²) in [7, 11) is 0. The van der Waals surface area contributed by atoms with Gasteiger partial charge in [-0.25, -0.2) is 0 Å². The number of nitrogens with zero attached hydrogens (tertiary/aromatic N) is 2. The molecule has 0 unspecified atom stereocenters. The second kappa shape index (κ2) is 6.82. The van der Waals surface area contributed by atoms with E-state index < -0.39 is 5.66 Å². The Balaban J connectivity index is 1.15. The van der Waals surface area contributed by atoms with E-state index in [0.29, 0.717) is 37.4 Å². The van der Waals surface area contributed by atoms with Gasteiger partial charge in [-0.05, 0) is 50.7 Å². The fourth-order valence-electron chi connectivity index (χ4n) is 5.70. The third kappa shape index (κ3) is 3.04. The molecule has 1 atom stereocenters. The summed E-state index contributed by atoms with van der Waals surface area (Å²) in [6, 6.07) is 7.57. The number of likely N-dealkylation sites (tertiary alicyclic amines) is 1. The Kier molecular flexibility index (Phi) is 4.15. The molecule has 162 valence electrons. The van der Waals surface area contributed by atoms with Crippen LogP contribution in [0, 0.1) is 0 Å². The molecule has 4 heterocycles. The number of amides is 2. The Morgan fingerprint density at radius 1 is 1.10 bits per heavy atom. The van der Waals surface area contributed by atoms with Crippen LogP contribution in [0.5, 0.6) is 0 Å². The van der Waals surface area contributed by atoms with E-state index in [-0.39, 0.29) is 17.4 Å². The summed E-state index contributed by atoms with van der Waals surface area (Å²) < 4.78 is 6.31. The molecule has 2 aromatic rings. The third-order valence-electron chi connectivity index (χ3n) is 7.37. The van der Waals surface area contributed by atoms with E-state index in [2.05, 4.69) is 20.8 Å². The van der Waals surface area contributed by atoms with E-state index in [1.54, 1.807) is 0 Å². The van der Waals surface area contributed by atoms with E-state index in [9.17, 15) is 9.59 Å². The average Bonchev–Trinajstić information content (AvgIpc) is 3.36. The lowest BCUT2D eigenvalue weighted by atomic mass is 9.84. The maximum atomic E-state index is 13.1. The number of aromatic amines is 1. The number of fused-ring (bicyclic) bond motifs is 2. The zero-order valence-corrected chi connectivity index (χ0v) is 17.5. The molecule has 2 saturated heterocycles. The molecule has 4 aliphatic rings. The van der Waals surface area contributed by atoms with Crippen LogP contribution in [0.4, 0.5) is 5.69 Å². The van der Waals surface area contributed by atoms with Gasteiger partial charge in [-0.3, -0.25) is 14.7 Å². The van der Waals surface area contributed by atoms with Crippen LogP contribution < -0.4 is 10.6 Å². The highest BCUT2D eigenvalue weighted by molar-refractivity contribution is 6.02. The molecule has 0 bridgehead atoms. The predicted octanol–water partition coefficient (Wildman–Crippen LogP) is 2.24. The third-order valence-corrected chi connectivity index (χ3v) is 7.37. The fraction of sp³-hybridized carbons (Fsp3) is 0.522. The minimum atomic E-state index is -0.584. The summed E-state index contributed by atoms with van der Waals surface area (Å²) in [6.45, 7) is 1.70. The minimum absolute atomic E-state index is 0.0278. The molecular formula is C23H27N5O3. The lowest BCUT2D eigenvalue weighted by Gasteiger charge is -2.41. The van der Waals surface area contributed by atoms with Crippen molar-refractivity contribution in [3.63, 3.8) is 0 Å². The van der Waals surface area contributed by atoms with Crippen molar-refractivity contribution in [3.05, 3.63) is 46.8 Å². The van der Waals surface area contributed by atoms with Crippen LogP contribution in [0.2, 0.25) is 0 Å². The van der Waals surface area contributed by atoms with Gasteiger partial charge in [0.15, 0.2) is 5.69 Å². The van der Waals surface area contributed by atoms with E-state index in [1.807, 2.05) is 29.2 Å². The number of aromatic nitrogens is 2. The highest BCUT2D eigenvalue weighted by atomic mass is 16.5. The highest BCUT2D eigenvalue weighted by Gasteiger charge is 2.53. The van der Waals surface area contributed by atoms with Gasteiger partial charge < -0.3 is 20.3 Å². The number of piperidine rings is 1. The Bertz CT molecular complexity index is 1060.